The Morgan fingerprint density at radius 2 is 1.87 bits per heavy atom. The summed E-state index contributed by atoms with van der Waals surface area (Å²) in [6.07, 6.45) is 8.23. The molecule has 0 bridgehead atoms. The zero-order chi connectivity index (χ0) is 16.5. The van der Waals surface area contributed by atoms with Gasteiger partial charge < -0.3 is 10.1 Å². The highest BCUT2D eigenvalue weighted by molar-refractivity contribution is 5.84. The molecule has 126 valence electrons. The van der Waals surface area contributed by atoms with Crippen LogP contribution in [0.3, 0.4) is 0 Å². The van der Waals surface area contributed by atoms with Crippen molar-refractivity contribution in [3.05, 3.63) is 35.9 Å². The van der Waals surface area contributed by atoms with Crippen molar-refractivity contribution in [3.63, 3.8) is 0 Å². The van der Waals surface area contributed by atoms with Gasteiger partial charge in [-0.15, -0.1) is 0 Å². The van der Waals surface area contributed by atoms with Crippen molar-refractivity contribution in [2.24, 2.45) is 5.92 Å². The number of nitrogens with one attached hydrogen (secondary N) is 1. The predicted molar refractivity (Wildman–Crippen MR) is 89.9 cm³/mol. The molecule has 1 aliphatic rings. The second-order valence-electron chi connectivity index (χ2n) is 6.38. The van der Waals surface area contributed by atoms with E-state index in [2.05, 4.69) is 5.32 Å². The van der Waals surface area contributed by atoms with E-state index in [9.17, 15) is 9.59 Å². The van der Waals surface area contributed by atoms with E-state index in [-0.39, 0.29) is 11.9 Å². The lowest BCUT2D eigenvalue weighted by molar-refractivity contribution is -0.145. The third-order valence-electron chi connectivity index (χ3n) is 4.61. The lowest BCUT2D eigenvalue weighted by atomic mass is 9.86. The maximum Gasteiger partial charge on any atom is 0.328 e. The standard InChI is InChI=1S/C19H27NO3/c1-23-19(22)17(14-16-10-6-3-7-11-16)20-18(21)13-12-15-8-4-2-5-9-15/h3,6-7,10-11,15,17H,2,4-5,8-9,12-14H2,1H3,(H,20,21). The van der Waals surface area contributed by atoms with Crippen LogP contribution in [0.15, 0.2) is 30.3 Å². The fourth-order valence-corrected chi connectivity index (χ4v) is 3.26. The Labute approximate surface area is 138 Å². The van der Waals surface area contributed by atoms with E-state index in [4.69, 9.17) is 4.74 Å². The van der Waals surface area contributed by atoms with Crippen LogP contribution >= 0.6 is 0 Å². The van der Waals surface area contributed by atoms with Gasteiger partial charge in [0.2, 0.25) is 5.91 Å². The fraction of sp³-hybridized carbons (Fsp3) is 0.579. The van der Waals surface area contributed by atoms with Gasteiger partial charge in [0, 0.05) is 12.8 Å². The Balaban J connectivity index is 1.84. The van der Waals surface area contributed by atoms with E-state index >= 15 is 0 Å². The van der Waals surface area contributed by atoms with Gasteiger partial charge in [-0.2, -0.15) is 0 Å². The number of hydrogen-bond donors (Lipinski definition) is 1. The minimum atomic E-state index is -0.610. The molecule has 1 aliphatic carbocycles. The summed E-state index contributed by atoms with van der Waals surface area (Å²) in [6.45, 7) is 0. The highest BCUT2D eigenvalue weighted by Gasteiger charge is 2.22. The molecule has 0 heterocycles. The number of methoxy groups -OCH3 is 1. The van der Waals surface area contributed by atoms with Gasteiger partial charge >= 0.3 is 5.97 Å². The van der Waals surface area contributed by atoms with Gasteiger partial charge in [-0.3, -0.25) is 4.79 Å². The monoisotopic (exact) mass is 317 g/mol. The molecule has 1 unspecified atom stereocenters. The first-order chi connectivity index (χ1) is 11.2. The van der Waals surface area contributed by atoms with Crippen LogP contribution in [0.5, 0.6) is 0 Å². The number of carbonyl (C=O) groups is 2. The average Bonchev–Trinajstić information content (AvgIpc) is 2.60. The van der Waals surface area contributed by atoms with Crippen LogP contribution < -0.4 is 5.32 Å². The zero-order valence-electron chi connectivity index (χ0n) is 13.9. The van der Waals surface area contributed by atoms with Gasteiger partial charge in [-0.25, -0.2) is 4.79 Å². The van der Waals surface area contributed by atoms with E-state index < -0.39 is 6.04 Å². The topological polar surface area (TPSA) is 55.4 Å². The van der Waals surface area contributed by atoms with Crippen LogP contribution in [0.2, 0.25) is 0 Å². The molecule has 0 spiro atoms. The highest BCUT2D eigenvalue weighted by Crippen LogP contribution is 2.27. The lowest BCUT2D eigenvalue weighted by Crippen LogP contribution is -2.43. The lowest BCUT2D eigenvalue weighted by Gasteiger charge is -2.22. The summed E-state index contributed by atoms with van der Waals surface area (Å²) in [5.74, 6) is 0.224. The molecule has 4 heteroatoms. The molecule has 1 saturated carbocycles. The Hall–Kier alpha value is -1.84. The first-order valence-corrected chi connectivity index (χ1v) is 8.60. The fourth-order valence-electron chi connectivity index (χ4n) is 3.26. The molecule has 4 nitrogen and oxygen atoms in total. The predicted octanol–water partition coefficient (Wildman–Crippen LogP) is 3.25. The molecule has 1 N–H and O–H groups in total. The molecule has 0 saturated heterocycles. The molecular weight excluding hydrogens is 290 g/mol. The van der Waals surface area contributed by atoms with E-state index in [1.807, 2.05) is 30.3 Å². The first-order valence-electron chi connectivity index (χ1n) is 8.60. The number of esters is 1. The van der Waals surface area contributed by atoms with Crippen LogP contribution in [0.4, 0.5) is 0 Å². The Kier molecular flexibility index (Phi) is 7.11. The molecule has 1 aromatic carbocycles. The van der Waals surface area contributed by atoms with Crippen LogP contribution in [0.25, 0.3) is 0 Å². The quantitative estimate of drug-likeness (QED) is 0.785. The second kappa shape index (κ2) is 9.33. The van der Waals surface area contributed by atoms with Gasteiger partial charge in [-0.05, 0) is 17.9 Å². The number of ether oxygens (including phenoxy) is 1. The molecule has 1 fully saturated rings. The maximum atomic E-state index is 12.2. The van der Waals surface area contributed by atoms with Gasteiger partial charge in [0.05, 0.1) is 7.11 Å². The van der Waals surface area contributed by atoms with Gasteiger partial charge in [0.25, 0.3) is 0 Å². The molecule has 0 radical (unpaired) electrons. The van der Waals surface area contributed by atoms with Crippen LogP contribution in [-0.4, -0.2) is 25.0 Å². The first kappa shape index (κ1) is 17.5. The summed E-state index contributed by atoms with van der Waals surface area (Å²) in [7, 11) is 1.36. The van der Waals surface area contributed by atoms with Crippen molar-refractivity contribution in [3.8, 4) is 0 Å². The minimum Gasteiger partial charge on any atom is -0.467 e. The van der Waals surface area contributed by atoms with Crippen molar-refractivity contribution >= 4 is 11.9 Å². The summed E-state index contributed by atoms with van der Waals surface area (Å²) >= 11 is 0. The Morgan fingerprint density at radius 1 is 1.17 bits per heavy atom. The zero-order valence-corrected chi connectivity index (χ0v) is 13.9. The van der Waals surface area contributed by atoms with Crippen molar-refractivity contribution in [2.75, 3.05) is 7.11 Å². The average molecular weight is 317 g/mol. The summed E-state index contributed by atoms with van der Waals surface area (Å²) < 4.78 is 4.83. The Bertz CT molecular complexity index is 495. The van der Waals surface area contributed by atoms with Crippen molar-refractivity contribution in [2.45, 2.75) is 57.4 Å². The summed E-state index contributed by atoms with van der Waals surface area (Å²) in [6, 6.07) is 9.07. The number of hydrogen-bond acceptors (Lipinski definition) is 3. The number of benzene rings is 1. The number of carbonyl (C=O) groups excluding carboxylic acids is 2. The summed E-state index contributed by atoms with van der Waals surface area (Å²) in [5, 5.41) is 2.84. The van der Waals surface area contributed by atoms with Gasteiger partial charge in [0.15, 0.2) is 0 Å². The van der Waals surface area contributed by atoms with Gasteiger partial charge in [0.1, 0.15) is 6.04 Å². The van der Waals surface area contributed by atoms with E-state index in [1.165, 1.54) is 39.2 Å². The number of rotatable bonds is 7. The van der Waals surface area contributed by atoms with Crippen LogP contribution in [0, 0.1) is 5.92 Å². The largest absolute Gasteiger partial charge is 0.467 e. The molecular formula is C19H27NO3. The maximum absolute atomic E-state index is 12.2. The molecule has 1 atom stereocenters. The Morgan fingerprint density at radius 3 is 2.52 bits per heavy atom. The van der Waals surface area contributed by atoms with Crippen molar-refractivity contribution in [1.82, 2.24) is 5.32 Å². The summed E-state index contributed by atoms with van der Waals surface area (Å²) in [4.78, 5) is 24.1. The molecule has 23 heavy (non-hydrogen) atoms. The van der Waals surface area contributed by atoms with E-state index in [0.717, 1.165) is 12.0 Å². The van der Waals surface area contributed by atoms with Crippen molar-refractivity contribution in [1.29, 1.82) is 0 Å². The summed E-state index contributed by atoms with van der Waals surface area (Å²) in [5.41, 5.74) is 1.01. The highest BCUT2D eigenvalue weighted by atomic mass is 16.5. The van der Waals surface area contributed by atoms with Crippen molar-refractivity contribution < 1.29 is 14.3 Å². The molecule has 1 aromatic rings. The van der Waals surface area contributed by atoms with E-state index in [1.54, 1.807) is 0 Å². The smallest absolute Gasteiger partial charge is 0.328 e. The van der Waals surface area contributed by atoms with Crippen LogP contribution in [0.1, 0.15) is 50.5 Å². The third kappa shape index (κ3) is 6.05. The van der Waals surface area contributed by atoms with E-state index in [0.29, 0.717) is 18.8 Å². The molecule has 0 aromatic heterocycles. The molecule has 2 rings (SSSR count). The molecule has 1 amide bonds. The van der Waals surface area contributed by atoms with Crippen LogP contribution in [-0.2, 0) is 20.7 Å². The SMILES string of the molecule is COC(=O)C(Cc1ccccc1)NC(=O)CCC1CCCCC1. The molecule has 0 aliphatic heterocycles. The normalized spacial score (nSPS) is 16.6. The van der Waals surface area contributed by atoms with Gasteiger partial charge in [-0.1, -0.05) is 62.4 Å². The third-order valence-corrected chi connectivity index (χ3v) is 4.61. The number of amides is 1. The second-order valence-corrected chi connectivity index (χ2v) is 6.38. The minimum absolute atomic E-state index is 0.0538.